The van der Waals surface area contributed by atoms with E-state index in [9.17, 15) is 14.9 Å². The number of hydrogen-bond donors (Lipinski definition) is 1. The summed E-state index contributed by atoms with van der Waals surface area (Å²) in [7, 11) is 0. The van der Waals surface area contributed by atoms with Gasteiger partial charge in [0.1, 0.15) is 5.69 Å². The molecule has 0 aliphatic heterocycles. The predicted octanol–water partition coefficient (Wildman–Crippen LogP) is 3.06. The van der Waals surface area contributed by atoms with Gasteiger partial charge in [0.15, 0.2) is 0 Å². The third-order valence-corrected chi connectivity index (χ3v) is 3.47. The Balaban J connectivity index is 2.37. The van der Waals surface area contributed by atoms with Crippen molar-refractivity contribution in [3.8, 4) is 0 Å². The number of benzene rings is 1. The van der Waals surface area contributed by atoms with E-state index in [1.165, 1.54) is 6.07 Å². The SMILES string of the molecule is CCCCN(c1ccc(C(=O)O)cc1[N+](=O)[O-])C1CC1. The van der Waals surface area contributed by atoms with Crippen molar-refractivity contribution in [2.24, 2.45) is 0 Å². The monoisotopic (exact) mass is 278 g/mol. The van der Waals surface area contributed by atoms with Gasteiger partial charge in [0.25, 0.3) is 5.69 Å². The first kappa shape index (κ1) is 14.3. The van der Waals surface area contributed by atoms with Crippen LogP contribution in [-0.2, 0) is 0 Å². The number of carboxylic acids is 1. The second-order valence-electron chi connectivity index (χ2n) is 5.04. The van der Waals surface area contributed by atoms with E-state index in [2.05, 4.69) is 6.92 Å². The summed E-state index contributed by atoms with van der Waals surface area (Å²) in [6.07, 6.45) is 4.07. The Hall–Kier alpha value is -2.11. The molecule has 1 fully saturated rings. The summed E-state index contributed by atoms with van der Waals surface area (Å²) < 4.78 is 0. The van der Waals surface area contributed by atoms with Gasteiger partial charge < -0.3 is 10.0 Å². The summed E-state index contributed by atoms with van der Waals surface area (Å²) in [6.45, 7) is 2.85. The number of carbonyl (C=O) groups is 1. The van der Waals surface area contributed by atoms with Gasteiger partial charge in [0.2, 0.25) is 0 Å². The lowest BCUT2D eigenvalue weighted by atomic mass is 10.1. The molecule has 2 rings (SSSR count). The normalized spacial score (nSPS) is 14.1. The lowest BCUT2D eigenvalue weighted by Gasteiger charge is -2.24. The molecule has 0 bridgehead atoms. The molecule has 0 radical (unpaired) electrons. The maximum Gasteiger partial charge on any atom is 0.335 e. The number of nitrogens with zero attached hydrogens (tertiary/aromatic N) is 2. The molecule has 0 saturated heterocycles. The van der Waals surface area contributed by atoms with Gasteiger partial charge in [-0.25, -0.2) is 4.79 Å². The Kier molecular flexibility index (Phi) is 4.22. The van der Waals surface area contributed by atoms with Crippen molar-refractivity contribution >= 4 is 17.3 Å². The molecule has 1 saturated carbocycles. The molecule has 20 heavy (non-hydrogen) atoms. The molecule has 1 aliphatic rings. The van der Waals surface area contributed by atoms with Crippen LogP contribution in [-0.4, -0.2) is 28.6 Å². The number of nitro groups is 1. The topological polar surface area (TPSA) is 83.7 Å². The molecule has 1 aromatic carbocycles. The zero-order chi connectivity index (χ0) is 14.7. The van der Waals surface area contributed by atoms with Crippen molar-refractivity contribution in [3.63, 3.8) is 0 Å². The highest BCUT2D eigenvalue weighted by atomic mass is 16.6. The van der Waals surface area contributed by atoms with Crippen LogP contribution in [0.15, 0.2) is 18.2 Å². The van der Waals surface area contributed by atoms with Crippen molar-refractivity contribution < 1.29 is 14.8 Å². The Bertz CT molecular complexity index is 526. The lowest BCUT2D eigenvalue weighted by Crippen LogP contribution is -2.27. The molecule has 0 aromatic heterocycles. The fourth-order valence-electron chi connectivity index (χ4n) is 2.26. The van der Waals surface area contributed by atoms with E-state index < -0.39 is 10.9 Å². The number of anilines is 1. The van der Waals surface area contributed by atoms with Crippen LogP contribution in [0.25, 0.3) is 0 Å². The van der Waals surface area contributed by atoms with Gasteiger partial charge in [0, 0.05) is 18.7 Å². The van der Waals surface area contributed by atoms with Gasteiger partial charge in [-0.2, -0.15) is 0 Å². The highest BCUT2D eigenvalue weighted by Crippen LogP contribution is 2.37. The van der Waals surface area contributed by atoms with E-state index in [1.54, 1.807) is 6.07 Å². The van der Waals surface area contributed by atoms with E-state index in [1.807, 2.05) is 4.90 Å². The van der Waals surface area contributed by atoms with Gasteiger partial charge >= 0.3 is 5.97 Å². The average molecular weight is 278 g/mol. The molecule has 0 spiro atoms. The van der Waals surface area contributed by atoms with Crippen LogP contribution in [0.1, 0.15) is 43.0 Å². The minimum Gasteiger partial charge on any atom is -0.478 e. The Labute approximate surface area is 117 Å². The number of nitro benzene ring substituents is 1. The molecule has 6 nitrogen and oxygen atoms in total. The Morgan fingerprint density at radius 3 is 2.70 bits per heavy atom. The van der Waals surface area contributed by atoms with Crippen LogP contribution >= 0.6 is 0 Å². The fourth-order valence-corrected chi connectivity index (χ4v) is 2.26. The largest absolute Gasteiger partial charge is 0.478 e. The second-order valence-corrected chi connectivity index (χ2v) is 5.04. The molecule has 1 N–H and O–H groups in total. The van der Waals surface area contributed by atoms with Crippen molar-refractivity contribution in [2.45, 2.75) is 38.6 Å². The lowest BCUT2D eigenvalue weighted by molar-refractivity contribution is -0.384. The standard InChI is InChI=1S/C14H18N2O4/c1-2-3-8-15(11-5-6-11)12-7-4-10(14(17)18)9-13(12)16(19)20/h4,7,9,11H,2-3,5-6,8H2,1H3,(H,17,18). The van der Waals surface area contributed by atoms with E-state index in [4.69, 9.17) is 5.11 Å². The highest BCUT2D eigenvalue weighted by molar-refractivity contribution is 5.89. The summed E-state index contributed by atoms with van der Waals surface area (Å²) in [5, 5.41) is 20.2. The molecule has 0 heterocycles. The summed E-state index contributed by atoms with van der Waals surface area (Å²) in [6, 6.07) is 4.51. The molecule has 0 atom stereocenters. The number of hydrogen-bond acceptors (Lipinski definition) is 4. The van der Waals surface area contributed by atoms with Crippen LogP contribution in [0.5, 0.6) is 0 Å². The Morgan fingerprint density at radius 1 is 1.50 bits per heavy atom. The van der Waals surface area contributed by atoms with Gasteiger partial charge in [-0.1, -0.05) is 13.3 Å². The maximum absolute atomic E-state index is 11.2. The smallest absolute Gasteiger partial charge is 0.335 e. The highest BCUT2D eigenvalue weighted by Gasteiger charge is 2.32. The predicted molar refractivity (Wildman–Crippen MR) is 75.3 cm³/mol. The molecule has 6 heteroatoms. The fraction of sp³-hybridized carbons (Fsp3) is 0.500. The van der Waals surface area contributed by atoms with Crippen molar-refractivity contribution in [1.29, 1.82) is 0 Å². The second kappa shape index (κ2) is 5.90. The van der Waals surface area contributed by atoms with Crippen LogP contribution in [0, 0.1) is 10.1 Å². The average Bonchev–Trinajstić information content (AvgIpc) is 3.23. The van der Waals surface area contributed by atoms with Crippen molar-refractivity contribution in [3.05, 3.63) is 33.9 Å². The molecule has 1 aliphatic carbocycles. The van der Waals surface area contributed by atoms with Crippen LogP contribution in [0.3, 0.4) is 0 Å². The first-order valence-electron chi connectivity index (χ1n) is 6.83. The maximum atomic E-state index is 11.2. The van der Waals surface area contributed by atoms with E-state index in [0.29, 0.717) is 11.7 Å². The van der Waals surface area contributed by atoms with Crippen molar-refractivity contribution in [1.82, 2.24) is 0 Å². The summed E-state index contributed by atoms with van der Waals surface area (Å²) in [4.78, 5) is 23.7. The van der Waals surface area contributed by atoms with E-state index in [0.717, 1.165) is 38.3 Å². The quantitative estimate of drug-likeness (QED) is 0.612. The number of unbranched alkanes of at least 4 members (excludes halogenated alkanes) is 1. The molecule has 0 amide bonds. The summed E-state index contributed by atoms with van der Waals surface area (Å²) >= 11 is 0. The first-order chi connectivity index (χ1) is 9.54. The van der Waals surface area contributed by atoms with Gasteiger partial charge in [-0.15, -0.1) is 0 Å². The summed E-state index contributed by atoms with van der Waals surface area (Å²) in [5.74, 6) is -1.15. The molecule has 108 valence electrons. The third kappa shape index (κ3) is 3.07. The minimum absolute atomic E-state index is 0.0494. The van der Waals surface area contributed by atoms with Crippen LogP contribution in [0.2, 0.25) is 0 Å². The van der Waals surface area contributed by atoms with Crippen LogP contribution < -0.4 is 4.90 Å². The Morgan fingerprint density at radius 2 is 2.20 bits per heavy atom. The van der Waals surface area contributed by atoms with Gasteiger partial charge in [0.05, 0.1) is 10.5 Å². The van der Waals surface area contributed by atoms with E-state index in [-0.39, 0.29) is 11.3 Å². The summed E-state index contributed by atoms with van der Waals surface area (Å²) in [5.41, 5.74) is 0.371. The molecule has 1 aromatic rings. The number of carboxylic acid groups (broad SMARTS) is 1. The van der Waals surface area contributed by atoms with Gasteiger partial charge in [-0.3, -0.25) is 10.1 Å². The third-order valence-electron chi connectivity index (χ3n) is 3.47. The van der Waals surface area contributed by atoms with E-state index >= 15 is 0 Å². The van der Waals surface area contributed by atoms with Crippen LogP contribution in [0.4, 0.5) is 11.4 Å². The zero-order valence-corrected chi connectivity index (χ0v) is 11.4. The number of rotatable bonds is 7. The molecular formula is C14H18N2O4. The van der Waals surface area contributed by atoms with Crippen molar-refractivity contribution in [2.75, 3.05) is 11.4 Å². The number of aromatic carboxylic acids is 1. The van der Waals surface area contributed by atoms with Gasteiger partial charge in [-0.05, 0) is 31.4 Å². The molecular weight excluding hydrogens is 260 g/mol. The molecule has 0 unspecified atom stereocenters. The first-order valence-corrected chi connectivity index (χ1v) is 6.83. The minimum atomic E-state index is -1.15. The zero-order valence-electron chi connectivity index (χ0n) is 11.4.